The Bertz CT molecular complexity index is 410. The fourth-order valence-corrected chi connectivity index (χ4v) is 3.03. The molecule has 3 nitrogen and oxygen atoms in total. The minimum atomic E-state index is 0.275. The maximum absolute atomic E-state index is 12.1. The lowest BCUT2D eigenvalue weighted by Crippen LogP contribution is -2.22. The second-order valence-electron chi connectivity index (χ2n) is 4.89. The van der Waals surface area contributed by atoms with Gasteiger partial charge in [-0.05, 0) is 38.5 Å². The molecule has 1 saturated carbocycles. The molecular formula is C12H18N2O. The van der Waals surface area contributed by atoms with Crippen molar-refractivity contribution in [2.45, 2.75) is 57.4 Å². The van der Waals surface area contributed by atoms with Gasteiger partial charge in [-0.1, -0.05) is 12.8 Å². The number of rotatable bonds is 1. The van der Waals surface area contributed by atoms with E-state index in [4.69, 9.17) is 0 Å². The Morgan fingerprint density at radius 3 is 2.53 bits per heavy atom. The van der Waals surface area contributed by atoms with Gasteiger partial charge in [-0.2, -0.15) is 0 Å². The van der Waals surface area contributed by atoms with E-state index < -0.39 is 0 Å². The zero-order valence-electron chi connectivity index (χ0n) is 9.09. The highest BCUT2D eigenvalue weighted by Gasteiger charge is 2.23. The molecule has 1 aromatic rings. The number of nitrogens with one attached hydrogen (secondary N) is 1. The summed E-state index contributed by atoms with van der Waals surface area (Å²) in [5.74, 6) is 0. The average Bonchev–Trinajstić information content (AvgIpc) is 2.87. The van der Waals surface area contributed by atoms with Gasteiger partial charge in [0.2, 0.25) is 0 Å². The Morgan fingerprint density at radius 1 is 1.07 bits per heavy atom. The van der Waals surface area contributed by atoms with Crippen molar-refractivity contribution >= 4 is 0 Å². The van der Waals surface area contributed by atoms with Crippen LogP contribution in [-0.2, 0) is 12.8 Å². The normalized spacial score (nSPS) is 21.9. The van der Waals surface area contributed by atoms with Gasteiger partial charge in [0, 0.05) is 11.3 Å². The van der Waals surface area contributed by atoms with Crippen LogP contribution in [0.3, 0.4) is 0 Å². The Hall–Kier alpha value is -0.990. The Labute approximate surface area is 89.5 Å². The third-order valence-electron chi connectivity index (χ3n) is 3.89. The first-order valence-electron chi connectivity index (χ1n) is 6.18. The van der Waals surface area contributed by atoms with E-state index in [2.05, 4.69) is 5.10 Å². The molecule has 0 unspecified atom stereocenters. The summed E-state index contributed by atoms with van der Waals surface area (Å²) in [6.45, 7) is 0. The van der Waals surface area contributed by atoms with Crippen LogP contribution in [0.2, 0.25) is 0 Å². The Morgan fingerprint density at radius 2 is 1.80 bits per heavy atom. The van der Waals surface area contributed by atoms with Gasteiger partial charge in [0.25, 0.3) is 5.56 Å². The Kier molecular flexibility index (Phi) is 2.19. The monoisotopic (exact) mass is 206 g/mol. The number of hydrogen-bond acceptors (Lipinski definition) is 1. The van der Waals surface area contributed by atoms with E-state index in [9.17, 15) is 4.79 Å². The van der Waals surface area contributed by atoms with Gasteiger partial charge >= 0.3 is 0 Å². The van der Waals surface area contributed by atoms with Gasteiger partial charge in [0.1, 0.15) is 0 Å². The lowest BCUT2D eigenvalue weighted by Gasteiger charge is -2.09. The molecule has 3 heteroatoms. The van der Waals surface area contributed by atoms with Crippen LogP contribution in [0.15, 0.2) is 4.79 Å². The standard InChI is InChI=1S/C12H18N2O/c15-12-10-7-3-4-8-11(10)13-14(12)9-5-1-2-6-9/h9,13H,1-8H2. The molecule has 2 aliphatic carbocycles. The van der Waals surface area contributed by atoms with Crippen LogP contribution in [0.5, 0.6) is 0 Å². The van der Waals surface area contributed by atoms with Gasteiger partial charge in [0.15, 0.2) is 0 Å². The van der Waals surface area contributed by atoms with Crippen molar-refractivity contribution in [2.24, 2.45) is 0 Å². The van der Waals surface area contributed by atoms with E-state index in [1.165, 1.54) is 44.2 Å². The molecule has 1 fully saturated rings. The second kappa shape index (κ2) is 3.54. The molecule has 0 atom stereocenters. The smallest absolute Gasteiger partial charge is 0.270 e. The van der Waals surface area contributed by atoms with E-state index in [-0.39, 0.29) is 5.56 Å². The largest absolute Gasteiger partial charge is 0.299 e. The molecule has 1 heterocycles. The topological polar surface area (TPSA) is 37.8 Å². The number of fused-ring (bicyclic) bond motifs is 1. The van der Waals surface area contributed by atoms with Gasteiger partial charge in [-0.25, -0.2) is 4.68 Å². The van der Waals surface area contributed by atoms with E-state index >= 15 is 0 Å². The summed E-state index contributed by atoms with van der Waals surface area (Å²) in [6, 6.07) is 0.461. The highest BCUT2D eigenvalue weighted by molar-refractivity contribution is 5.20. The van der Waals surface area contributed by atoms with Crippen LogP contribution in [-0.4, -0.2) is 9.78 Å². The first-order chi connectivity index (χ1) is 7.36. The van der Waals surface area contributed by atoms with Gasteiger partial charge < -0.3 is 0 Å². The van der Waals surface area contributed by atoms with Crippen molar-refractivity contribution in [3.8, 4) is 0 Å². The SMILES string of the molecule is O=c1c2c([nH]n1C1CCCC1)CCCC2. The molecule has 0 radical (unpaired) electrons. The minimum Gasteiger partial charge on any atom is -0.299 e. The fourth-order valence-electron chi connectivity index (χ4n) is 3.03. The second-order valence-corrected chi connectivity index (χ2v) is 4.89. The van der Waals surface area contributed by atoms with Crippen molar-refractivity contribution < 1.29 is 0 Å². The molecule has 0 amide bonds. The number of aromatic nitrogens is 2. The van der Waals surface area contributed by atoms with Crippen LogP contribution in [0, 0.1) is 0 Å². The highest BCUT2D eigenvalue weighted by Crippen LogP contribution is 2.28. The molecule has 82 valence electrons. The minimum absolute atomic E-state index is 0.275. The molecule has 0 aliphatic heterocycles. The summed E-state index contributed by atoms with van der Waals surface area (Å²) in [5.41, 5.74) is 2.57. The third-order valence-corrected chi connectivity index (χ3v) is 3.89. The first-order valence-corrected chi connectivity index (χ1v) is 6.18. The molecule has 1 aromatic heterocycles. The molecule has 0 bridgehead atoms. The maximum Gasteiger partial charge on any atom is 0.270 e. The number of aromatic amines is 1. The summed E-state index contributed by atoms with van der Waals surface area (Å²) >= 11 is 0. The quantitative estimate of drug-likeness (QED) is 0.751. The predicted molar refractivity (Wildman–Crippen MR) is 59.2 cm³/mol. The van der Waals surface area contributed by atoms with Crippen molar-refractivity contribution in [2.75, 3.05) is 0 Å². The van der Waals surface area contributed by atoms with Crippen LogP contribution in [0.25, 0.3) is 0 Å². The van der Waals surface area contributed by atoms with Crippen LogP contribution >= 0.6 is 0 Å². The Balaban J connectivity index is 2.01. The summed E-state index contributed by atoms with van der Waals surface area (Å²) in [4.78, 5) is 12.1. The van der Waals surface area contributed by atoms with E-state index in [1.807, 2.05) is 4.68 Å². The zero-order valence-corrected chi connectivity index (χ0v) is 9.09. The molecule has 15 heavy (non-hydrogen) atoms. The predicted octanol–water partition coefficient (Wildman–Crippen LogP) is 2.17. The molecule has 0 aromatic carbocycles. The molecular weight excluding hydrogens is 188 g/mol. The van der Waals surface area contributed by atoms with Crippen LogP contribution < -0.4 is 5.56 Å². The van der Waals surface area contributed by atoms with E-state index in [1.54, 1.807) is 0 Å². The summed E-state index contributed by atoms with van der Waals surface area (Å²) < 4.78 is 1.92. The summed E-state index contributed by atoms with van der Waals surface area (Å²) in [6.07, 6.45) is 9.40. The van der Waals surface area contributed by atoms with Crippen LogP contribution in [0.1, 0.15) is 55.8 Å². The number of H-pyrrole nitrogens is 1. The van der Waals surface area contributed by atoms with E-state index in [0.717, 1.165) is 18.4 Å². The van der Waals surface area contributed by atoms with Crippen molar-refractivity contribution in [3.05, 3.63) is 21.6 Å². The fraction of sp³-hybridized carbons (Fsp3) is 0.750. The molecule has 0 spiro atoms. The molecule has 0 saturated heterocycles. The van der Waals surface area contributed by atoms with Gasteiger partial charge in [0.05, 0.1) is 6.04 Å². The van der Waals surface area contributed by atoms with Gasteiger partial charge in [-0.15, -0.1) is 0 Å². The lowest BCUT2D eigenvalue weighted by molar-refractivity contribution is 0.451. The number of nitrogens with zero attached hydrogens (tertiary/aromatic N) is 1. The van der Waals surface area contributed by atoms with Crippen molar-refractivity contribution in [1.82, 2.24) is 9.78 Å². The van der Waals surface area contributed by atoms with E-state index in [0.29, 0.717) is 6.04 Å². The van der Waals surface area contributed by atoms with Crippen molar-refractivity contribution in [3.63, 3.8) is 0 Å². The third kappa shape index (κ3) is 1.45. The number of aryl methyl sites for hydroxylation is 1. The molecule has 1 N–H and O–H groups in total. The average molecular weight is 206 g/mol. The number of hydrogen-bond donors (Lipinski definition) is 1. The van der Waals surface area contributed by atoms with Crippen LogP contribution in [0.4, 0.5) is 0 Å². The zero-order chi connectivity index (χ0) is 10.3. The maximum atomic E-state index is 12.1. The summed E-state index contributed by atoms with van der Waals surface area (Å²) in [5, 5.41) is 3.35. The highest BCUT2D eigenvalue weighted by atomic mass is 16.1. The molecule has 3 rings (SSSR count). The summed E-state index contributed by atoms with van der Waals surface area (Å²) in [7, 11) is 0. The lowest BCUT2D eigenvalue weighted by atomic mass is 9.98. The van der Waals surface area contributed by atoms with Gasteiger partial charge in [-0.3, -0.25) is 9.89 Å². The first kappa shape index (κ1) is 9.25. The van der Waals surface area contributed by atoms with Crippen molar-refractivity contribution in [1.29, 1.82) is 0 Å². The molecule has 2 aliphatic rings.